The molecule has 0 fully saturated rings. The predicted octanol–water partition coefficient (Wildman–Crippen LogP) is 1.99. The van der Waals surface area contributed by atoms with Gasteiger partial charge in [0.2, 0.25) is 0 Å². The van der Waals surface area contributed by atoms with Crippen molar-refractivity contribution in [2.45, 2.75) is 39.2 Å². The number of hydrazine groups is 1. The minimum Gasteiger partial charge on any atom is -0.359 e. The van der Waals surface area contributed by atoms with E-state index >= 15 is 0 Å². The highest BCUT2D eigenvalue weighted by atomic mass is 32.1. The zero-order valence-corrected chi connectivity index (χ0v) is 10.2. The van der Waals surface area contributed by atoms with Gasteiger partial charge in [-0.15, -0.1) is 0 Å². The highest BCUT2D eigenvalue weighted by molar-refractivity contribution is 7.80. The van der Waals surface area contributed by atoms with Crippen molar-refractivity contribution in [1.29, 1.82) is 0 Å². The van der Waals surface area contributed by atoms with Crippen molar-refractivity contribution in [3.8, 4) is 0 Å². The van der Waals surface area contributed by atoms with Gasteiger partial charge in [-0.3, -0.25) is 5.43 Å². The van der Waals surface area contributed by atoms with Gasteiger partial charge < -0.3 is 10.7 Å². The van der Waals surface area contributed by atoms with Crippen LogP contribution in [-0.2, 0) is 0 Å². The third kappa shape index (κ3) is 5.42. The molecule has 0 saturated carbocycles. The smallest absolute Gasteiger partial charge is 0.185 e. The van der Waals surface area contributed by atoms with Crippen LogP contribution in [0.25, 0.3) is 0 Å². The molecule has 1 aliphatic carbocycles. The first-order valence-corrected chi connectivity index (χ1v) is 5.74. The van der Waals surface area contributed by atoms with E-state index in [4.69, 9.17) is 12.2 Å². The zero-order chi connectivity index (χ0) is 11.1. The summed E-state index contributed by atoms with van der Waals surface area (Å²) in [5, 5.41) is 3.73. The minimum atomic E-state index is 0.358. The standard InChI is InChI=1S/C11H19N3S/c1-9(2)13-11(15)14-12-8-10-6-4-3-5-7-10/h3-4,8-9,12H,5-7H2,1-2H3,(H2,13,14,15)/b10-8+. The van der Waals surface area contributed by atoms with E-state index in [-0.39, 0.29) is 0 Å². The molecule has 1 aliphatic rings. The van der Waals surface area contributed by atoms with Crippen molar-refractivity contribution in [3.05, 3.63) is 23.9 Å². The van der Waals surface area contributed by atoms with Crippen molar-refractivity contribution >= 4 is 17.3 Å². The van der Waals surface area contributed by atoms with E-state index in [1.165, 1.54) is 5.57 Å². The summed E-state index contributed by atoms with van der Waals surface area (Å²) in [5.74, 6) is 0. The van der Waals surface area contributed by atoms with Crippen molar-refractivity contribution < 1.29 is 0 Å². The molecular weight excluding hydrogens is 206 g/mol. The molecule has 0 aromatic rings. The summed E-state index contributed by atoms with van der Waals surface area (Å²) >= 11 is 5.07. The maximum absolute atomic E-state index is 5.07. The molecule has 0 amide bonds. The van der Waals surface area contributed by atoms with Crippen LogP contribution >= 0.6 is 12.2 Å². The average Bonchev–Trinajstić information content (AvgIpc) is 2.18. The first-order chi connectivity index (χ1) is 7.18. The molecule has 0 aromatic carbocycles. The lowest BCUT2D eigenvalue weighted by Gasteiger charge is -2.14. The van der Waals surface area contributed by atoms with E-state index < -0.39 is 0 Å². The fourth-order valence-electron chi connectivity index (χ4n) is 1.36. The molecular formula is C11H19N3S. The second-order valence-electron chi connectivity index (χ2n) is 3.91. The van der Waals surface area contributed by atoms with Crippen LogP contribution in [0.2, 0.25) is 0 Å². The number of hydrogen-bond acceptors (Lipinski definition) is 2. The third-order valence-corrected chi connectivity index (χ3v) is 2.28. The molecule has 0 aliphatic heterocycles. The van der Waals surface area contributed by atoms with Crippen molar-refractivity contribution in [3.63, 3.8) is 0 Å². The van der Waals surface area contributed by atoms with Crippen LogP contribution in [0.4, 0.5) is 0 Å². The van der Waals surface area contributed by atoms with E-state index in [0.29, 0.717) is 11.2 Å². The van der Waals surface area contributed by atoms with Crippen LogP contribution < -0.4 is 16.2 Å². The van der Waals surface area contributed by atoms with Gasteiger partial charge in [0.05, 0.1) is 0 Å². The van der Waals surface area contributed by atoms with Crippen molar-refractivity contribution in [2.75, 3.05) is 0 Å². The molecule has 0 saturated heterocycles. The molecule has 1 rings (SSSR count). The Kier molecular flexibility index (Phi) is 5.18. The first kappa shape index (κ1) is 12.0. The molecule has 3 nitrogen and oxygen atoms in total. The van der Waals surface area contributed by atoms with Gasteiger partial charge in [-0.05, 0) is 50.9 Å². The molecule has 0 heterocycles. The first-order valence-electron chi connectivity index (χ1n) is 5.33. The zero-order valence-electron chi connectivity index (χ0n) is 9.34. The van der Waals surface area contributed by atoms with E-state index in [0.717, 1.165) is 19.3 Å². The van der Waals surface area contributed by atoms with Gasteiger partial charge in [-0.2, -0.15) is 0 Å². The molecule has 84 valence electrons. The molecule has 0 atom stereocenters. The van der Waals surface area contributed by atoms with Gasteiger partial charge in [0.15, 0.2) is 5.11 Å². The second kappa shape index (κ2) is 6.45. The highest BCUT2D eigenvalue weighted by Gasteiger charge is 1.99. The van der Waals surface area contributed by atoms with Crippen LogP contribution in [0, 0.1) is 0 Å². The summed E-state index contributed by atoms with van der Waals surface area (Å²) in [6.07, 6.45) is 9.73. The Morgan fingerprint density at radius 2 is 2.27 bits per heavy atom. The summed E-state index contributed by atoms with van der Waals surface area (Å²) in [6, 6.07) is 0.358. The molecule has 0 spiro atoms. The Morgan fingerprint density at radius 3 is 2.87 bits per heavy atom. The topological polar surface area (TPSA) is 36.1 Å². The fraction of sp³-hybridized carbons (Fsp3) is 0.545. The largest absolute Gasteiger partial charge is 0.359 e. The summed E-state index contributed by atoms with van der Waals surface area (Å²) in [7, 11) is 0. The summed E-state index contributed by atoms with van der Waals surface area (Å²) in [6.45, 7) is 4.11. The Labute approximate surface area is 97.0 Å². The average molecular weight is 225 g/mol. The van der Waals surface area contributed by atoms with E-state index in [1.807, 2.05) is 6.20 Å². The lowest BCUT2D eigenvalue weighted by Crippen LogP contribution is -2.44. The number of allylic oxidation sites excluding steroid dienone is 3. The van der Waals surface area contributed by atoms with Gasteiger partial charge in [0, 0.05) is 12.2 Å². The second-order valence-corrected chi connectivity index (χ2v) is 4.32. The Hall–Kier alpha value is -1.03. The fourth-order valence-corrected chi connectivity index (χ4v) is 1.65. The normalized spacial score (nSPS) is 17.9. The van der Waals surface area contributed by atoms with E-state index in [9.17, 15) is 0 Å². The van der Waals surface area contributed by atoms with Crippen molar-refractivity contribution in [1.82, 2.24) is 16.2 Å². The van der Waals surface area contributed by atoms with Gasteiger partial charge in [0.25, 0.3) is 0 Å². The van der Waals surface area contributed by atoms with Crippen LogP contribution in [0.5, 0.6) is 0 Å². The maximum Gasteiger partial charge on any atom is 0.185 e. The lowest BCUT2D eigenvalue weighted by atomic mass is 10.0. The summed E-state index contributed by atoms with van der Waals surface area (Å²) in [4.78, 5) is 0. The lowest BCUT2D eigenvalue weighted by molar-refractivity contribution is 0.691. The monoisotopic (exact) mass is 225 g/mol. The number of hydrogen-bond donors (Lipinski definition) is 3. The third-order valence-electron chi connectivity index (χ3n) is 2.06. The van der Waals surface area contributed by atoms with Crippen LogP contribution in [0.3, 0.4) is 0 Å². The molecule has 0 unspecified atom stereocenters. The summed E-state index contributed by atoms with van der Waals surface area (Å²) in [5.41, 5.74) is 7.34. The minimum absolute atomic E-state index is 0.358. The number of rotatable bonds is 3. The maximum atomic E-state index is 5.07. The van der Waals surface area contributed by atoms with Gasteiger partial charge in [0.1, 0.15) is 0 Å². The molecule has 4 heteroatoms. The highest BCUT2D eigenvalue weighted by Crippen LogP contribution is 2.15. The molecule has 0 bridgehead atoms. The van der Waals surface area contributed by atoms with Crippen LogP contribution in [0.1, 0.15) is 33.1 Å². The molecule has 3 N–H and O–H groups in total. The van der Waals surface area contributed by atoms with Gasteiger partial charge >= 0.3 is 0 Å². The predicted molar refractivity (Wildman–Crippen MR) is 68.2 cm³/mol. The Balaban J connectivity index is 2.20. The molecule has 15 heavy (non-hydrogen) atoms. The van der Waals surface area contributed by atoms with E-state index in [2.05, 4.69) is 42.2 Å². The van der Waals surface area contributed by atoms with E-state index in [1.54, 1.807) is 0 Å². The van der Waals surface area contributed by atoms with Crippen molar-refractivity contribution in [2.24, 2.45) is 0 Å². The van der Waals surface area contributed by atoms with Crippen LogP contribution in [0.15, 0.2) is 23.9 Å². The molecule has 0 aromatic heterocycles. The Bertz CT molecular complexity index is 269. The molecule has 0 radical (unpaired) electrons. The summed E-state index contributed by atoms with van der Waals surface area (Å²) < 4.78 is 0. The number of nitrogens with one attached hydrogen (secondary N) is 3. The van der Waals surface area contributed by atoms with Gasteiger partial charge in [-0.1, -0.05) is 12.2 Å². The quantitative estimate of drug-likeness (QED) is 0.390. The van der Waals surface area contributed by atoms with Crippen LogP contribution in [-0.4, -0.2) is 11.2 Å². The SMILES string of the molecule is CC(C)NC(=S)NN/C=C1\CC=CCC1. The Morgan fingerprint density at radius 1 is 1.47 bits per heavy atom. The number of thiocarbonyl (C=S) groups is 1. The van der Waals surface area contributed by atoms with Gasteiger partial charge in [-0.25, -0.2) is 0 Å².